The van der Waals surface area contributed by atoms with Crippen LogP contribution in [0.4, 0.5) is 4.79 Å². The molecule has 0 aliphatic heterocycles. The van der Waals surface area contributed by atoms with E-state index in [2.05, 4.69) is 13.2 Å². The molecule has 0 aromatic heterocycles. The predicted octanol–water partition coefficient (Wildman–Crippen LogP) is 6.50. The van der Waals surface area contributed by atoms with Gasteiger partial charge in [0.1, 0.15) is 0 Å². The molecule has 6 nitrogen and oxygen atoms in total. The highest BCUT2D eigenvalue weighted by Gasteiger charge is 2.41. The molecule has 4 rings (SSSR count). The molecule has 40 heavy (non-hydrogen) atoms. The zero-order chi connectivity index (χ0) is 28.2. The minimum Gasteiger partial charge on any atom is -0.376 e. The van der Waals surface area contributed by atoms with Crippen molar-refractivity contribution in [2.24, 2.45) is 5.92 Å². The Morgan fingerprint density at radius 3 is 1.95 bits per heavy atom. The number of carbonyl (C=O) groups is 2. The van der Waals surface area contributed by atoms with Crippen LogP contribution in [0.2, 0.25) is 0 Å². The van der Waals surface area contributed by atoms with Crippen LogP contribution in [-0.2, 0) is 22.7 Å². The zero-order valence-corrected chi connectivity index (χ0v) is 22.9. The number of carbonyl (C=O) groups excluding carboxylic acids is 2. The van der Waals surface area contributed by atoms with Crippen LogP contribution < -0.4 is 0 Å². The molecule has 3 atom stereocenters. The zero-order valence-electron chi connectivity index (χ0n) is 22.9. The first kappa shape index (κ1) is 29.0. The summed E-state index contributed by atoms with van der Waals surface area (Å²) in [4.78, 5) is 30.2. The topological polar surface area (TPSA) is 59.1 Å². The van der Waals surface area contributed by atoms with E-state index in [4.69, 9.17) is 9.47 Å². The molecular formula is C34H38N2O4. The Balaban J connectivity index is 1.50. The van der Waals surface area contributed by atoms with Crippen molar-refractivity contribution in [2.45, 2.75) is 38.2 Å². The van der Waals surface area contributed by atoms with Crippen LogP contribution in [0.3, 0.4) is 0 Å². The lowest BCUT2D eigenvalue weighted by Crippen LogP contribution is -2.50. The third-order valence-electron chi connectivity index (χ3n) is 7.18. The lowest BCUT2D eigenvalue weighted by Gasteiger charge is -2.33. The molecule has 3 amide bonds. The molecule has 1 fully saturated rings. The van der Waals surface area contributed by atoms with Gasteiger partial charge in [-0.05, 0) is 36.1 Å². The highest BCUT2D eigenvalue weighted by atomic mass is 16.5. The summed E-state index contributed by atoms with van der Waals surface area (Å²) < 4.78 is 12.6. The minimum atomic E-state index is -0.355. The summed E-state index contributed by atoms with van der Waals surface area (Å²) in [7, 11) is 0. The number of hydrogen-bond donors (Lipinski definition) is 0. The van der Waals surface area contributed by atoms with E-state index in [9.17, 15) is 9.59 Å². The van der Waals surface area contributed by atoms with Gasteiger partial charge in [-0.3, -0.25) is 9.69 Å². The first-order valence-electron chi connectivity index (χ1n) is 13.8. The molecule has 1 aliphatic carbocycles. The second kappa shape index (κ2) is 15.0. The summed E-state index contributed by atoms with van der Waals surface area (Å²) in [6.45, 7) is 9.61. The van der Waals surface area contributed by atoms with Crippen molar-refractivity contribution in [1.82, 2.24) is 9.80 Å². The van der Waals surface area contributed by atoms with Gasteiger partial charge in [-0.2, -0.15) is 0 Å². The van der Waals surface area contributed by atoms with Gasteiger partial charge in [0.2, 0.25) is 0 Å². The molecule has 6 heteroatoms. The van der Waals surface area contributed by atoms with Crippen LogP contribution in [-0.4, -0.2) is 53.6 Å². The molecule has 0 spiro atoms. The summed E-state index contributed by atoms with van der Waals surface area (Å²) in [6, 6.07) is 28.5. The van der Waals surface area contributed by atoms with E-state index in [1.165, 1.54) is 4.90 Å². The summed E-state index contributed by atoms with van der Waals surface area (Å²) >= 11 is 0. The van der Waals surface area contributed by atoms with Crippen molar-refractivity contribution < 1.29 is 19.1 Å². The number of rotatable bonds is 13. The van der Waals surface area contributed by atoms with E-state index in [0.717, 1.165) is 11.1 Å². The van der Waals surface area contributed by atoms with Gasteiger partial charge in [0.15, 0.2) is 0 Å². The van der Waals surface area contributed by atoms with Crippen LogP contribution in [0.15, 0.2) is 116 Å². The molecular weight excluding hydrogens is 500 g/mol. The maximum absolute atomic E-state index is 13.9. The lowest BCUT2D eigenvalue weighted by atomic mass is 10.1. The van der Waals surface area contributed by atoms with Crippen LogP contribution in [0.5, 0.6) is 0 Å². The van der Waals surface area contributed by atoms with E-state index < -0.39 is 0 Å². The molecule has 0 N–H and O–H groups in total. The van der Waals surface area contributed by atoms with Gasteiger partial charge in [-0.1, -0.05) is 91.0 Å². The maximum atomic E-state index is 13.9. The molecule has 0 unspecified atom stereocenters. The Morgan fingerprint density at radius 2 is 1.35 bits per heavy atom. The summed E-state index contributed by atoms with van der Waals surface area (Å²) in [5.41, 5.74) is 2.67. The number of hydrogen-bond acceptors (Lipinski definition) is 4. The smallest absolute Gasteiger partial charge is 0.327 e. The van der Waals surface area contributed by atoms with Crippen molar-refractivity contribution in [3.05, 3.63) is 133 Å². The second-order valence-corrected chi connectivity index (χ2v) is 10.0. The van der Waals surface area contributed by atoms with Crippen molar-refractivity contribution in [3.63, 3.8) is 0 Å². The predicted molar refractivity (Wildman–Crippen MR) is 158 cm³/mol. The van der Waals surface area contributed by atoms with E-state index >= 15 is 0 Å². The molecule has 0 bridgehead atoms. The van der Waals surface area contributed by atoms with Gasteiger partial charge in [-0.15, -0.1) is 13.2 Å². The molecule has 1 aliphatic rings. The molecule has 3 aromatic carbocycles. The SMILES string of the molecule is C=CCN(C(=O)c1ccccc1)C(=O)N(CC=C)[C@@H]1C[C@H](COCc2ccccc2)[C@@H](OCc2ccccc2)C1. The quantitative estimate of drug-likeness (QED) is 0.233. The van der Waals surface area contributed by atoms with Crippen molar-refractivity contribution >= 4 is 11.9 Å². The molecule has 0 heterocycles. The van der Waals surface area contributed by atoms with Crippen LogP contribution in [0.25, 0.3) is 0 Å². The lowest BCUT2D eigenvalue weighted by molar-refractivity contribution is -0.0192. The van der Waals surface area contributed by atoms with Crippen LogP contribution in [0, 0.1) is 5.92 Å². The van der Waals surface area contributed by atoms with Crippen molar-refractivity contribution in [1.29, 1.82) is 0 Å². The maximum Gasteiger partial charge on any atom is 0.327 e. The third kappa shape index (κ3) is 7.78. The highest BCUT2D eigenvalue weighted by Crippen LogP contribution is 2.34. The van der Waals surface area contributed by atoms with E-state index in [-0.39, 0.29) is 36.5 Å². The Kier molecular flexibility index (Phi) is 10.8. The van der Waals surface area contributed by atoms with Crippen molar-refractivity contribution in [2.75, 3.05) is 19.7 Å². The number of ether oxygens (including phenoxy) is 2. The monoisotopic (exact) mass is 538 g/mol. The van der Waals surface area contributed by atoms with Crippen LogP contribution >= 0.6 is 0 Å². The third-order valence-corrected chi connectivity index (χ3v) is 7.18. The molecule has 0 radical (unpaired) electrons. The number of imide groups is 1. The Morgan fingerprint density at radius 1 is 0.775 bits per heavy atom. The fourth-order valence-corrected chi connectivity index (χ4v) is 5.16. The van der Waals surface area contributed by atoms with Crippen LogP contribution in [0.1, 0.15) is 34.3 Å². The van der Waals surface area contributed by atoms with Gasteiger partial charge in [-0.25, -0.2) is 4.79 Å². The summed E-state index contributed by atoms with van der Waals surface area (Å²) in [5, 5.41) is 0. The van der Waals surface area contributed by atoms with Gasteiger partial charge in [0, 0.05) is 30.6 Å². The van der Waals surface area contributed by atoms with E-state index in [1.54, 1.807) is 41.3 Å². The van der Waals surface area contributed by atoms with Gasteiger partial charge in [0.25, 0.3) is 5.91 Å². The van der Waals surface area contributed by atoms with E-state index in [1.807, 2.05) is 66.7 Å². The fraction of sp³-hybridized carbons (Fsp3) is 0.294. The second-order valence-electron chi connectivity index (χ2n) is 10.0. The number of urea groups is 1. The minimum absolute atomic E-state index is 0.0928. The summed E-state index contributed by atoms with van der Waals surface area (Å²) in [6.07, 6.45) is 4.53. The Bertz CT molecular complexity index is 1230. The normalized spacial score (nSPS) is 18.1. The number of nitrogens with zero attached hydrogens (tertiary/aromatic N) is 2. The highest BCUT2D eigenvalue weighted by molar-refractivity contribution is 6.04. The largest absolute Gasteiger partial charge is 0.376 e. The number of benzene rings is 3. The first-order valence-corrected chi connectivity index (χ1v) is 13.8. The average Bonchev–Trinajstić information content (AvgIpc) is 3.40. The molecule has 0 saturated heterocycles. The fourth-order valence-electron chi connectivity index (χ4n) is 5.16. The molecule has 1 saturated carbocycles. The van der Waals surface area contributed by atoms with E-state index in [0.29, 0.717) is 44.8 Å². The molecule has 208 valence electrons. The van der Waals surface area contributed by atoms with Gasteiger partial charge in [0.05, 0.1) is 25.9 Å². The van der Waals surface area contributed by atoms with Crippen molar-refractivity contribution in [3.8, 4) is 0 Å². The number of amides is 3. The standard InChI is InChI=1S/C34H38N2O4/c1-3-20-35(34(38)36(21-4-2)33(37)29-18-12-7-13-19-29)31-22-30(26-39-24-27-14-8-5-9-15-27)32(23-31)40-25-28-16-10-6-11-17-28/h3-19,30-32H,1-2,20-26H2/t30-,31-,32+/m1/s1. The first-order chi connectivity index (χ1) is 19.6. The Hall–Kier alpha value is -4.00. The molecule has 3 aromatic rings. The van der Waals surface area contributed by atoms with Gasteiger partial charge < -0.3 is 14.4 Å². The summed E-state index contributed by atoms with van der Waals surface area (Å²) in [5.74, 6) is -0.257. The Labute approximate surface area is 237 Å². The van der Waals surface area contributed by atoms with Gasteiger partial charge >= 0.3 is 6.03 Å². The average molecular weight is 539 g/mol.